The summed E-state index contributed by atoms with van der Waals surface area (Å²) in [6, 6.07) is 1.97. The second-order valence-corrected chi connectivity index (χ2v) is 6.28. The van der Waals surface area contributed by atoms with Crippen molar-refractivity contribution in [1.82, 2.24) is 15.1 Å². The summed E-state index contributed by atoms with van der Waals surface area (Å²) in [5, 5.41) is 4.89. The summed E-state index contributed by atoms with van der Waals surface area (Å²) < 4.78 is 5.39. The van der Waals surface area contributed by atoms with Gasteiger partial charge in [-0.05, 0) is 31.7 Å². The Morgan fingerprint density at radius 3 is 2.95 bits per heavy atom. The Balaban J connectivity index is 1.53. The highest BCUT2D eigenvalue weighted by Crippen LogP contribution is 2.40. The number of halogens is 1. The zero-order chi connectivity index (χ0) is 14.2. The Labute approximate surface area is 128 Å². The molecular formula is C15H17ClN4O. The summed E-state index contributed by atoms with van der Waals surface area (Å²) in [5.41, 5.74) is 1.04. The van der Waals surface area contributed by atoms with Crippen LogP contribution >= 0.6 is 11.6 Å². The van der Waals surface area contributed by atoms with Crippen LogP contribution in [0.1, 0.15) is 49.2 Å². The molecule has 0 aromatic carbocycles. The van der Waals surface area contributed by atoms with Gasteiger partial charge in [-0.3, -0.25) is 4.98 Å². The van der Waals surface area contributed by atoms with Crippen LogP contribution in [0.25, 0.3) is 0 Å². The minimum absolute atomic E-state index is 0.319. The SMILES string of the molecule is Clc1cnccc1N1CCCC(c2noc(C3CC3)n2)C1. The molecule has 2 aliphatic rings. The van der Waals surface area contributed by atoms with Crippen LogP contribution in [0.3, 0.4) is 0 Å². The zero-order valence-electron chi connectivity index (χ0n) is 11.7. The maximum atomic E-state index is 6.25. The van der Waals surface area contributed by atoms with Crippen LogP contribution in [-0.4, -0.2) is 28.2 Å². The van der Waals surface area contributed by atoms with Crippen LogP contribution < -0.4 is 4.90 Å². The quantitative estimate of drug-likeness (QED) is 0.870. The highest BCUT2D eigenvalue weighted by molar-refractivity contribution is 6.33. The average molecular weight is 305 g/mol. The van der Waals surface area contributed by atoms with E-state index in [9.17, 15) is 0 Å². The molecule has 2 fully saturated rings. The van der Waals surface area contributed by atoms with Crippen LogP contribution in [0.2, 0.25) is 5.02 Å². The molecule has 1 unspecified atom stereocenters. The van der Waals surface area contributed by atoms with Crippen LogP contribution in [0, 0.1) is 0 Å². The van der Waals surface area contributed by atoms with Crippen LogP contribution in [0.15, 0.2) is 23.0 Å². The monoisotopic (exact) mass is 304 g/mol. The maximum Gasteiger partial charge on any atom is 0.229 e. The van der Waals surface area contributed by atoms with E-state index in [4.69, 9.17) is 16.1 Å². The molecule has 6 heteroatoms. The number of piperidine rings is 1. The van der Waals surface area contributed by atoms with Gasteiger partial charge in [-0.25, -0.2) is 0 Å². The molecule has 0 bridgehead atoms. The van der Waals surface area contributed by atoms with Gasteiger partial charge in [0, 0.05) is 37.3 Å². The molecule has 110 valence electrons. The Morgan fingerprint density at radius 1 is 1.24 bits per heavy atom. The molecule has 4 rings (SSSR count). The summed E-state index contributed by atoms with van der Waals surface area (Å²) in [5.74, 6) is 2.51. The summed E-state index contributed by atoms with van der Waals surface area (Å²) in [6.07, 6.45) is 8.06. The third-order valence-electron chi connectivity index (χ3n) is 4.26. The van der Waals surface area contributed by atoms with Crippen LogP contribution in [-0.2, 0) is 0 Å². The van der Waals surface area contributed by atoms with Crippen molar-refractivity contribution >= 4 is 17.3 Å². The molecule has 1 aliphatic heterocycles. The van der Waals surface area contributed by atoms with Gasteiger partial charge >= 0.3 is 0 Å². The first kappa shape index (κ1) is 13.1. The van der Waals surface area contributed by atoms with Gasteiger partial charge < -0.3 is 9.42 Å². The third-order valence-corrected chi connectivity index (χ3v) is 4.55. The number of pyridine rings is 1. The van der Waals surface area contributed by atoms with Crippen molar-refractivity contribution in [2.45, 2.75) is 37.5 Å². The molecule has 21 heavy (non-hydrogen) atoms. The Morgan fingerprint density at radius 2 is 2.14 bits per heavy atom. The van der Waals surface area contributed by atoms with Crippen molar-refractivity contribution < 1.29 is 4.52 Å². The normalized spacial score (nSPS) is 22.5. The van der Waals surface area contributed by atoms with Gasteiger partial charge in [0.05, 0.1) is 10.7 Å². The van der Waals surface area contributed by atoms with E-state index in [-0.39, 0.29) is 0 Å². The highest BCUT2D eigenvalue weighted by atomic mass is 35.5. The van der Waals surface area contributed by atoms with E-state index in [0.29, 0.717) is 16.9 Å². The molecule has 0 N–H and O–H groups in total. The topological polar surface area (TPSA) is 55.1 Å². The van der Waals surface area contributed by atoms with E-state index in [1.165, 1.54) is 12.8 Å². The van der Waals surface area contributed by atoms with E-state index in [1.807, 2.05) is 6.07 Å². The number of hydrogen-bond acceptors (Lipinski definition) is 5. The van der Waals surface area contributed by atoms with Gasteiger partial charge in [0.15, 0.2) is 5.82 Å². The van der Waals surface area contributed by atoms with Crippen molar-refractivity contribution in [1.29, 1.82) is 0 Å². The zero-order valence-corrected chi connectivity index (χ0v) is 12.5. The predicted octanol–water partition coefficient (Wildman–Crippen LogP) is 3.38. The van der Waals surface area contributed by atoms with Crippen LogP contribution in [0.4, 0.5) is 5.69 Å². The fraction of sp³-hybridized carbons (Fsp3) is 0.533. The van der Waals surface area contributed by atoms with E-state index in [0.717, 1.165) is 43.3 Å². The molecule has 3 heterocycles. The number of aromatic nitrogens is 3. The molecule has 5 nitrogen and oxygen atoms in total. The second kappa shape index (κ2) is 5.30. The third kappa shape index (κ3) is 2.62. The molecule has 2 aromatic rings. The molecule has 1 atom stereocenters. The Bertz CT molecular complexity index is 640. The molecule has 1 saturated heterocycles. The fourth-order valence-electron chi connectivity index (χ4n) is 2.94. The Kier molecular flexibility index (Phi) is 3.30. The summed E-state index contributed by atoms with van der Waals surface area (Å²) in [7, 11) is 0. The minimum Gasteiger partial charge on any atom is -0.370 e. The van der Waals surface area contributed by atoms with Gasteiger partial charge in [0.1, 0.15) is 0 Å². The molecule has 0 amide bonds. The van der Waals surface area contributed by atoms with Crippen molar-refractivity contribution in [3.8, 4) is 0 Å². The van der Waals surface area contributed by atoms with Crippen LogP contribution in [0.5, 0.6) is 0 Å². The first-order valence-electron chi connectivity index (χ1n) is 7.49. The second-order valence-electron chi connectivity index (χ2n) is 5.88. The molecule has 0 spiro atoms. The standard InChI is InChI=1S/C15H17ClN4O/c16-12-8-17-6-5-13(12)20-7-1-2-11(9-20)14-18-15(21-19-14)10-3-4-10/h5-6,8,10-11H,1-4,7,9H2. The van der Waals surface area contributed by atoms with Crippen molar-refractivity contribution in [2.75, 3.05) is 18.0 Å². The first-order valence-corrected chi connectivity index (χ1v) is 7.87. The van der Waals surface area contributed by atoms with E-state index in [2.05, 4.69) is 20.0 Å². The lowest BCUT2D eigenvalue weighted by Crippen LogP contribution is -2.35. The number of rotatable bonds is 3. The van der Waals surface area contributed by atoms with E-state index < -0.39 is 0 Å². The Hall–Kier alpha value is -1.62. The van der Waals surface area contributed by atoms with Gasteiger partial charge in [-0.2, -0.15) is 4.98 Å². The molecule has 1 aliphatic carbocycles. The molecule has 1 saturated carbocycles. The summed E-state index contributed by atoms with van der Waals surface area (Å²) >= 11 is 6.25. The van der Waals surface area contributed by atoms with Crippen molar-refractivity contribution in [3.05, 3.63) is 35.2 Å². The summed E-state index contributed by atoms with van der Waals surface area (Å²) in [6.45, 7) is 1.89. The maximum absolute atomic E-state index is 6.25. The minimum atomic E-state index is 0.319. The number of anilines is 1. The predicted molar refractivity (Wildman–Crippen MR) is 79.7 cm³/mol. The van der Waals surface area contributed by atoms with Crippen molar-refractivity contribution in [3.63, 3.8) is 0 Å². The van der Waals surface area contributed by atoms with Gasteiger partial charge in [-0.1, -0.05) is 16.8 Å². The van der Waals surface area contributed by atoms with Gasteiger partial charge in [0.25, 0.3) is 0 Å². The first-order chi connectivity index (χ1) is 10.3. The van der Waals surface area contributed by atoms with Crippen molar-refractivity contribution in [2.24, 2.45) is 0 Å². The number of nitrogens with zero attached hydrogens (tertiary/aromatic N) is 4. The molecule has 2 aromatic heterocycles. The molecular weight excluding hydrogens is 288 g/mol. The lowest BCUT2D eigenvalue weighted by molar-refractivity contribution is 0.366. The lowest BCUT2D eigenvalue weighted by atomic mass is 9.97. The average Bonchev–Trinajstić information content (AvgIpc) is 3.25. The summed E-state index contributed by atoms with van der Waals surface area (Å²) in [4.78, 5) is 10.9. The lowest BCUT2D eigenvalue weighted by Gasteiger charge is -2.33. The largest absolute Gasteiger partial charge is 0.370 e. The molecule has 0 radical (unpaired) electrons. The fourth-order valence-corrected chi connectivity index (χ4v) is 3.18. The smallest absolute Gasteiger partial charge is 0.229 e. The van der Waals surface area contributed by atoms with E-state index >= 15 is 0 Å². The van der Waals surface area contributed by atoms with Gasteiger partial charge in [0.2, 0.25) is 5.89 Å². The van der Waals surface area contributed by atoms with Gasteiger partial charge in [-0.15, -0.1) is 0 Å². The highest BCUT2D eigenvalue weighted by Gasteiger charge is 2.32. The number of hydrogen-bond donors (Lipinski definition) is 0. The van der Waals surface area contributed by atoms with E-state index in [1.54, 1.807) is 12.4 Å².